The van der Waals surface area contributed by atoms with Crippen LogP contribution in [-0.4, -0.2) is 46.8 Å². The van der Waals surface area contributed by atoms with E-state index in [0.29, 0.717) is 25.0 Å². The average molecular weight is 540 g/mol. The molecule has 1 aliphatic heterocycles. The lowest BCUT2D eigenvalue weighted by atomic mass is 9.97. The Bertz CT molecular complexity index is 1040. The van der Waals surface area contributed by atoms with Crippen LogP contribution in [-0.2, 0) is 16.0 Å². The summed E-state index contributed by atoms with van der Waals surface area (Å²) in [6.07, 6.45) is 3.13. The predicted octanol–water partition coefficient (Wildman–Crippen LogP) is 4.43. The Balaban J connectivity index is 1.91. The van der Waals surface area contributed by atoms with Gasteiger partial charge < -0.3 is 18.9 Å². The highest BCUT2D eigenvalue weighted by Crippen LogP contribution is 2.23. The summed E-state index contributed by atoms with van der Waals surface area (Å²) in [5, 5.41) is 0.497. The van der Waals surface area contributed by atoms with Gasteiger partial charge in [0, 0.05) is 34.8 Å². The van der Waals surface area contributed by atoms with Gasteiger partial charge in [0.05, 0.1) is 12.1 Å². The number of ether oxygens (including phenoxy) is 2. The van der Waals surface area contributed by atoms with E-state index in [9.17, 15) is 14.4 Å². The third kappa shape index (κ3) is 5.78. The fourth-order valence-corrected chi connectivity index (χ4v) is 4.35. The number of aromatic nitrogens is 1. The molecule has 1 saturated heterocycles. The van der Waals surface area contributed by atoms with Crippen molar-refractivity contribution in [2.75, 3.05) is 19.7 Å². The molecule has 0 radical (unpaired) electrons. The number of nitrogens with zero attached hydrogens (tertiary/aromatic N) is 2. The van der Waals surface area contributed by atoms with Crippen LogP contribution in [0.5, 0.6) is 0 Å². The van der Waals surface area contributed by atoms with Gasteiger partial charge in [-0.15, -0.1) is 0 Å². The molecule has 8 heteroatoms. The number of rotatable bonds is 4. The van der Waals surface area contributed by atoms with E-state index >= 15 is 0 Å². The van der Waals surface area contributed by atoms with E-state index in [2.05, 4.69) is 22.6 Å². The molecule has 168 valence electrons. The summed E-state index contributed by atoms with van der Waals surface area (Å²) < 4.78 is 13.5. The molecule has 0 saturated carbocycles. The second-order valence-corrected chi connectivity index (χ2v) is 10.1. The minimum atomic E-state index is -0.610. The Morgan fingerprint density at radius 2 is 2.00 bits per heavy atom. The summed E-state index contributed by atoms with van der Waals surface area (Å²) in [6, 6.07) is 5.64. The number of fused-ring (bicyclic) bond motifs is 1. The Kier molecular flexibility index (Phi) is 7.28. The van der Waals surface area contributed by atoms with Crippen LogP contribution >= 0.6 is 22.6 Å². The topological polar surface area (TPSA) is 77.8 Å². The molecule has 1 aromatic heterocycles. The van der Waals surface area contributed by atoms with E-state index in [1.807, 2.05) is 37.5 Å². The third-order valence-electron chi connectivity index (χ3n) is 5.16. The summed E-state index contributed by atoms with van der Waals surface area (Å²) in [5.41, 5.74) is -0.0452. The molecular weight excluding hydrogens is 511 g/mol. The molecule has 0 bridgehead atoms. The molecule has 2 aromatic rings. The maximum Gasteiger partial charge on any atom is 0.410 e. The highest BCUT2D eigenvalue weighted by molar-refractivity contribution is 14.1. The van der Waals surface area contributed by atoms with Crippen LogP contribution in [0, 0.1) is 9.49 Å². The van der Waals surface area contributed by atoms with Crippen LogP contribution in [0.25, 0.3) is 10.9 Å². The summed E-state index contributed by atoms with van der Waals surface area (Å²) >= 11 is 2.16. The summed E-state index contributed by atoms with van der Waals surface area (Å²) in [7, 11) is 0. The van der Waals surface area contributed by atoms with Crippen LogP contribution in [0.15, 0.2) is 29.2 Å². The zero-order valence-electron chi connectivity index (χ0n) is 18.4. The normalized spacial score (nSPS) is 16.9. The average Bonchev–Trinajstić information content (AvgIpc) is 2.69. The van der Waals surface area contributed by atoms with E-state index in [1.54, 1.807) is 24.1 Å². The van der Waals surface area contributed by atoms with E-state index in [1.165, 1.54) is 0 Å². The summed E-state index contributed by atoms with van der Waals surface area (Å²) in [5.74, 6) is -0.428. The number of hydrogen-bond donors (Lipinski definition) is 0. The molecule has 0 aliphatic carbocycles. The molecule has 31 heavy (non-hydrogen) atoms. The SMILES string of the molecule is CCOC(=O)c1cn(C[C@H]2CCCN(C(=O)OC(C)(C)C)C2)c2ccc(I)cc2c1=O. The second kappa shape index (κ2) is 9.58. The van der Waals surface area contributed by atoms with Gasteiger partial charge in [0.2, 0.25) is 5.43 Å². The lowest BCUT2D eigenvalue weighted by Gasteiger charge is -2.34. The Hall–Kier alpha value is -2.10. The molecule has 1 fully saturated rings. The zero-order chi connectivity index (χ0) is 22.8. The standard InChI is InChI=1S/C23H29IN2O5/c1-5-30-21(28)18-14-26(19-9-8-16(24)11-17(19)20(18)27)13-15-7-6-10-25(12-15)22(29)31-23(2,3)4/h8-9,11,14-15H,5-7,10,12-13H2,1-4H3/t15-/m0/s1. The minimum absolute atomic E-state index is 0.0381. The number of carbonyl (C=O) groups excluding carboxylic acids is 2. The van der Waals surface area contributed by atoms with Gasteiger partial charge in [-0.1, -0.05) is 0 Å². The fraction of sp³-hybridized carbons (Fsp3) is 0.522. The maximum atomic E-state index is 12.9. The number of carbonyl (C=O) groups is 2. The van der Waals surface area contributed by atoms with Crippen LogP contribution in [0.1, 0.15) is 50.9 Å². The first kappa shape index (κ1) is 23.6. The summed E-state index contributed by atoms with van der Waals surface area (Å²) in [4.78, 5) is 39.6. The molecule has 0 N–H and O–H groups in total. The van der Waals surface area contributed by atoms with E-state index in [4.69, 9.17) is 9.47 Å². The van der Waals surface area contributed by atoms with Crippen LogP contribution in [0.3, 0.4) is 0 Å². The van der Waals surface area contributed by atoms with Gasteiger partial charge in [0.15, 0.2) is 0 Å². The Morgan fingerprint density at radius 3 is 2.68 bits per heavy atom. The number of amides is 1. The van der Waals surface area contributed by atoms with Crippen molar-refractivity contribution in [2.24, 2.45) is 5.92 Å². The van der Waals surface area contributed by atoms with Gasteiger partial charge in [0.25, 0.3) is 0 Å². The largest absolute Gasteiger partial charge is 0.462 e. The van der Waals surface area contributed by atoms with Crippen molar-refractivity contribution in [3.05, 3.63) is 43.8 Å². The molecular formula is C23H29IN2O5. The zero-order valence-corrected chi connectivity index (χ0v) is 20.6. The maximum absolute atomic E-state index is 12.9. The minimum Gasteiger partial charge on any atom is -0.462 e. The van der Waals surface area contributed by atoms with Gasteiger partial charge in [-0.25, -0.2) is 9.59 Å². The van der Waals surface area contributed by atoms with Crippen molar-refractivity contribution in [3.8, 4) is 0 Å². The number of halogens is 1. The lowest BCUT2D eigenvalue weighted by molar-refractivity contribution is 0.0157. The molecule has 1 atom stereocenters. The molecule has 2 heterocycles. The molecule has 3 rings (SSSR count). The summed E-state index contributed by atoms with van der Waals surface area (Å²) in [6.45, 7) is 9.32. The van der Waals surface area contributed by atoms with Crippen molar-refractivity contribution in [1.29, 1.82) is 0 Å². The first-order chi connectivity index (χ1) is 14.6. The van der Waals surface area contributed by atoms with Gasteiger partial charge in [-0.2, -0.15) is 0 Å². The third-order valence-corrected chi connectivity index (χ3v) is 5.83. The molecule has 1 aliphatic rings. The van der Waals surface area contributed by atoms with Crippen molar-refractivity contribution in [3.63, 3.8) is 0 Å². The van der Waals surface area contributed by atoms with E-state index in [-0.39, 0.29) is 29.6 Å². The van der Waals surface area contributed by atoms with Gasteiger partial charge in [-0.05, 0) is 87.2 Å². The molecule has 1 amide bonds. The number of hydrogen-bond acceptors (Lipinski definition) is 5. The molecule has 7 nitrogen and oxygen atoms in total. The molecule has 0 spiro atoms. The fourth-order valence-electron chi connectivity index (χ4n) is 3.86. The van der Waals surface area contributed by atoms with Crippen molar-refractivity contribution < 1.29 is 19.1 Å². The van der Waals surface area contributed by atoms with Crippen LogP contribution < -0.4 is 5.43 Å². The Labute approximate surface area is 195 Å². The highest BCUT2D eigenvalue weighted by atomic mass is 127. The van der Waals surface area contributed by atoms with Crippen molar-refractivity contribution in [2.45, 2.75) is 52.7 Å². The highest BCUT2D eigenvalue weighted by Gasteiger charge is 2.28. The number of esters is 1. The number of likely N-dealkylation sites (tertiary alicyclic amines) is 1. The van der Waals surface area contributed by atoms with E-state index in [0.717, 1.165) is 21.9 Å². The van der Waals surface area contributed by atoms with Gasteiger partial charge >= 0.3 is 12.1 Å². The number of pyridine rings is 1. The lowest BCUT2D eigenvalue weighted by Crippen LogP contribution is -2.43. The quantitative estimate of drug-likeness (QED) is 0.424. The molecule has 1 aromatic carbocycles. The first-order valence-corrected chi connectivity index (χ1v) is 11.6. The van der Waals surface area contributed by atoms with Crippen LogP contribution in [0.2, 0.25) is 0 Å². The van der Waals surface area contributed by atoms with E-state index < -0.39 is 11.6 Å². The van der Waals surface area contributed by atoms with Gasteiger partial charge in [0.1, 0.15) is 11.2 Å². The van der Waals surface area contributed by atoms with Crippen LogP contribution in [0.4, 0.5) is 4.79 Å². The smallest absolute Gasteiger partial charge is 0.410 e. The van der Waals surface area contributed by atoms with Crippen molar-refractivity contribution in [1.82, 2.24) is 9.47 Å². The number of piperidine rings is 1. The predicted molar refractivity (Wildman–Crippen MR) is 127 cm³/mol. The number of benzene rings is 1. The Morgan fingerprint density at radius 1 is 1.26 bits per heavy atom. The monoisotopic (exact) mass is 540 g/mol. The van der Waals surface area contributed by atoms with Crippen molar-refractivity contribution >= 4 is 45.6 Å². The first-order valence-electron chi connectivity index (χ1n) is 10.6. The second-order valence-electron chi connectivity index (χ2n) is 8.84. The molecule has 0 unspecified atom stereocenters. The van der Waals surface area contributed by atoms with Gasteiger partial charge in [-0.3, -0.25) is 4.79 Å².